The van der Waals surface area contributed by atoms with Gasteiger partial charge in [-0.1, -0.05) is 24.3 Å². The van der Waals surface area contributed by atoms with Crippen LogP contribution < -0.4 is 5.32 Å². The molecule has 0 aromatic heterocycles. The van der Waals surface area contributed by atoms with E-state index in [4.69, 9.17) is 0 Å². The molecular formula is C17H19NOS. The monoisotopic (exact) mass is 285 g/mol. The number of hydrogen-bond acceptors (Lipinski definition) is 2. The minimum absolute atomic E-state index is 0.0607. The van der Waals surface area contributed by atoms with E-state index in [1.54, 1.807) is 11.8 Å². The van der Waals surface area contributed by atoms with Crippen LogP contribution in [0.25, 0.3) is 0 Å². The van der Waals surface area contributed by atoms with Crippen LogP contribution in [0.5, 0.6) is 0 Å². The third-order valence-corrected chi connectivity index (χ3v) is 3.79. The lowest BCUT2D eigenvalue weighted by Crippen LogP contribution is -2.12. The quantitative estimate of drug-likeness (QED) is 0.901. The van der Waals surface area contributed by atoms with Crippen molar-refractivity contribution in [1.29, 1.82) is 0 Å². The minimum Gasteiger partial charge on any atom is -0.322 e. The van der Waals surface area contributed by atoms with E-state index in [-0.39, 0.29) is 5.91 Å². The third-order valence-electron chi connectivity index (χ3n) is 3.17. The van der Waals surface area contributed by atoms with Crippen LogP contribution in [0.1, 0.15) is 27.0 Å². The Hall–Kier alpha value is -1.74. The van der Waals surface area contributed by atoms with Gasteiger partial charge in [-0.2, -0.15) is 11.8 Å². The average molecular weight is 285 g/mol. The van der Waals surface area contributed by atoms with Gasteiger partial charge in [-0.3, -0.25) is 4.79 Å². The molecule has 1 amide bonds. The predicted molar refractivity (Wildman–Crippen MR) is 87.5 cm³/mol. The standard InChI is InChI=1S/C17H19NOS/c1-12-4-5-13(2)16(10-12)18-17(19)15-8-6-14(7-9-15)11-20-3/h4-10H,11H2,1-3H3,(H,18,19). The van der Waals surface area contributed by atoms with Gasteiger partial charge in [-0.25, -0.2) is 0 Å². The van der Waals surface area contributed by atoms with E-state index < -0.39 is 0 Å². The van der Waals surface area contributed by atoms with E-state index in [0.29, 0.717) is 5.56 Å². The Labute approximate surface area is 124 Å². The van der Waals surface area contributed by atoms with Crippen molar-refractivity contribution < 1.29 is 4.79 Å². The van der Waals surface area contributed by atoms with Gasteiger partial charge in [0.25, 0.3) is 5.91 Å². The van der Waals surface area contributed by atoms with E-state index in [2.05, 4.69) is 11.6 Å². The molecule has 0 radical (unpaired) electrons. The average Bonchev–Trinajstić information content (AvgIpc) is 2.44. The molecule has 1 N–H and O–H groups in total. The van der Waals surface area contributed by atoms with Crippen molar-refractivity contribution in [2.45, 2.75) is 19.6 Å². The summed E-state index contributed by atoms with van der Waals surface area (Å²) in [6.07, 6.45) is 2.07. The summed E-state index contributed by atoms with van der Waals surface area (Å²) in [7, 11) is 0. The highest BCUT2D eigenvalue weighted by Crippen LogP contribution is 2.18. The molecule has 0 aliphatic carbocycles. The zero-order valence-corrected chi connectivity index (χ0v) is 12.9. The predicted octanol–water partition coefficient (Wildman–Crippen LogP) is 4.42. The number of anilines is 1. The molecule has 0 saturated carbocycles. The van der Waals surface area contributed by atoms with Crippen molar-refractivity contribution in [3.05, 3.63) is 64.7 Å². The van der Waals surface area contributed by atoms with Crippen LogP contribution in [0.4, 0.5) is 5.69 Å². The molecule has 2 nitrogen and oxygen atoms in total. The maximum atomic E-state index is 12.2. The summed E-state index contributed by atoms with van der Waals surface area (Å²) in [6.45, 7) is 4.02. The van der Waals surface area contributed by atoms with Crippen LogP contribution in [-0.2, 0) is 5.75 Å². The van der Waals surface area contributed by atoms with Gasteiger partial charge in [-0.15, -0.1) is 0 Å². The molecule has 2 aromatic rings. The second kappa shape index (κ2) is 6.62. The maximum Gasteiger partial charge on any atom is 0.255 e. The van der Waals surface area contributed by atoms with Crippen LogP contribution in [-0.4, -0.2) is 12.2 Å². The highest BCUT2D eigenvalue weighted by atomic mass is 32.2. The van der Waals surface area contributed by atoms with Gasteiger partial charge < -0.3 is 5.32 Å². The van der Waals surface area contributed by atoms with E-state index in [9.17, 15) is 4.79 Å². The van der Waals surface area contributed by atoms with Crippen LogP contribution in [0.15, 0.2) is 42.5 Å². The number of amides is 1. The number of benzene rings is 2. The van der Waals surface area contributed by atoms with E-state index in [1.165, 1.54) is 5.56 Å². The summed E-state index contributed by atoms with van der Waals surface area (Å²) in [5.41, 5.74) is 5.02. The highest BCUT2D eigenvalue weighted by Gasteiger charge is 2.07. The number of aryl methyl sites for hydroxylation is 2. The highest BCUT2D eigenvalue weighted by molar-refractivity contribution is 7.97. The maximum absolute atomic E-state index is 12.2. The molecule has 104 valence electrons. The molecule has 0 saturated heterocycles. The molecule has 0 atom stereocenters. The smallest absolute Gasteiger partial charge is 0.255 e. The fourth-order valence-corrected chi connectivity index (χ4v) is 2.51. The lowest BCUT2D eigenvalue weighted by molar-refractivity contribution is 0.102. The summed E-state index contributed by atoms with van der Waals surface area (Å²) in [6, 6.07) is 13.8. The molecule has 20 heavy (non-hydrogen) atoms. The molecule has 0 unspecified atom stereocenters. The van der Waals surface area contributed by atoms with Crippen LogP contribution >= 0.6 is 11.8 Å². The van der Waals surface area contributed by atoms with E-state index in [1.807, 2.05) is 56.3 Å². The number of nitrogens with one attached hydrogen (secondary N) is 1. The van der Waals surface area contributed by atoms with Gasteiger partial charge in [0.2, 0.25) is 0 Å². The summed E-state index contributed by atoms with van der Waals surface area (Å²) in [5.74, 6) is 0.910. The van der Waals surface area contributed by atoms with Crippen molar-refractivity contribution in [3.8, 4) is 0 Å². The van der Waals surface area contributed by atoms with Crippen LogP contribution in [0, 0.1) is 13.8 Å². The number of carbonyl (C=O) groups is 1. The summed E-state index contributed by atoms with van der Waals surface area (Å²) >= 11 is 1.77. The second-order valence-corrected chi connectivity index (χ2v) is 5.77. The Morgan fingerprint density at radius 2 is 1.80 bits per heavy atom. The molecule has 0 aliphatic heterocycles. The van der Waals surface area contributed by atoms with Gasteiger partial charge >= 0.3 is 0 Å². The fourth-order valence-electron chi connectivity index (χ4n) is 1.98. The number of hydrogen-bond donors (Lipinski definition) is 1. The van der Waals surface area contributed by atoms with Crippen LogP contribution in [0.3, 0.4) is 0 Å². The summed E-state index contributed by atoms with van der Waals surface area (Å²) in [5, 5.41) is 2.97. The normalized spacial score (nSPS) is 10.3. The summed E-state index contributed by atoms with van der Waals surface area (Å²) in [4.78, 5) is 12.2. The molecule has 0 heterocycles. The second-order valence-electron chi connectivity index (χ2n) is 4.90. The van der Waals surface area contributed by atoms with Crippen molar-refractivity contribution in [3.63, 3.8) is 0 Å². The first-order chi connectivity index (χ1) is 9.60. The molecule has 3 heteroatoms. The van der Waals surface area contributed by atoms with Gasteiger partial charge in [0.05, 0.1) is 0 Å². The minimum atomic E-state index is -0.0607. The Bertz CT molecular complexity index is 605. The van der Waals surface area contributed by atoms with E-state index >= 15 is 0 Å². The SMILES string of the molecule is CSCc1ccc(C(=O)Nc2cc(C)ccc2C)cc1. The molecule has 0 fully saturated rings. The molecular weight excluding hydrogens is 266 g/mol. The molecule has 0 bridgehead atoms. The van der Waals surface area contributed by atoms with Crippen molar-refractivity contribution >= 4 is 23.4 Å². The first kappa shape index (κ1) is 14.7. The number of thioether (sulfide) groups is 1. The van der Waals surface area contributed by atoms with Crippen molar-refractivity contribution in [1.82, 2.24) is 0 Å². The topological polar surface area (TPSA) is 29.1 Å². The largest absolute Gasteiger partial charge is 0.322 e. The van der Waals surface area contributed by atoms with Gasteiger partial charge in [0.1, 0.15) is 0 Å². The first-order valence-electron chi connectivity index (χ1n) is 6.56. The first-order valence-corrected chi connectivity index (χ1v) is 7.96. The number of rotatable bonds is 4. The lowest BCUT2D eigenvalue weighted by Gasteiger charge is -2.09. The Morgan fingerprint density at radius 3 is 2.45 bits per heavy atom. The fraction of sp³-hybridized carbons (Fsp3) is 0.235. The molecule has 0 aliphatic rings. The van der Waals surface area contributed by atoms with Gasteiger partial charge in [0, 0.05) is 17.0 Å². The summed E-state index contributed by atoms with van der Waals surface area (Å²) < 4.78 is 0. The van der Waals surface area contributed by atoms with Crippen LogP contribution in [0.2, 0.25) is 0 Å². The molecule has 2 aromatic carbocycles. The lowest BCUT2D eigenvalue weighted by atomic mass is 10.1. The Kier molecular flexibility index (Phi) is 4.85. The zero-order chi connectivity index (χ0) is 14.5. The number of carbonyl (C=O) groups excluding carboxylic acids is 1. The van der Waals surface area contributed by atoms with Crippen molar-refractivity contribution in [2.75, 3.05) is 11.6 Å². The molecule has 0 spiro atoms. The zero-order valence-electron chi connectivity index (χ0n) is 12.1. The van der Waals surface area contributed by atoms with Gasteiger partial charge in [-0.05, 0) is 55.0 Å². The van der Waals surface area contributed by atoms with Crippen molar-refractivity contribution in [2.24, 2.45) is 0 Å². The Morgan fingerprint density at radius 1 is 1.10 bits per heavy atom. The third kappa shape index (κ3) is 3.64. The van der Waals surface area contributed by atoms with E-state index in [0.717, 1.165) is 22.6 Å². The Balaban J connectivity index is 2.13. The molecule has 2 rings (SSSR count). The van der Waals surface area contributed by atoms with Gasteiger partial charge in [0.15, 0.2) is 0 Å².